The monoisotopic (exact) mass is 251 g/mol. The number of amides is 1. The molecule has 0 radical (unpaired) electrons. The summed E-state index contributed by atoms with van der Waals surface area (Å²) in [4.78, 5) is 23.3. The van der Waals surface area contributed by atoms with E-state index >= 15 is 0 Å². The number of nitrogen functional groups attached to an aromatic ring is 1. The highest BCUT2D eigenvalue weighted by Gasteiger charge is 2.15. The van der Waals surface area contributed by atoms with Crippen LogP contribution in [0.5, 0.6) is 0 Å². The van der Waals surface area contributed by atoms with Crippen molar-refractivity contribution in [1.82, 2.24) is 14.9 Å². The summed E-state index contributed by atoms with van der Waals surface area (Å²) < 4.78 is 0. The Hall–Kier alpha value is -1.85. The minimum atomic E-state index is 0.0251. The van der Waals surface area contributed by atoms with Gasteiger partial charge in [-0.15, -0.1) is 0 Å². The smallest absolute Gasteiger partial charge is 0.241 e. The van der Waals surface area contributed by atoms with Crippen LogP contribution in [0.25, 0.3) is 0 Å². The van der Waals surface area contributed by atoms with Crippen molar-refractivity contribution in [3.8, 4) is 0 Å². The third-order valence-corrected chi connectivity index (χ3v) is 2.69. The predicted octanol–water partition coefficient (Wildman–Crippen LogP) is 0.536. The topological polar surface area (TPSA) is 75.3 Å². The van der Waals surface area contributed by atoms with Crippen LogP contribution in [0.15, 0.2) is 6.33 Å². The van der Waals surface area contributed by atoms with Gasteiger partial charge in [-0.25, -0.2) is 9.97 Å². The molecule has 18 heavy (non-hydrogen) atoms. The molecule has 0 unspecified atom stereocenters. The lowest BCUT2D eigenvalue weighted by molar-refractivity contribution is -0.127. The van der Waals surface area contributed by atoms with Gasteiger partial charge in [-0.3, -0.25) is 4.79 Å². The zero-order chi connectivity index (χ0) is 13.7. The minimum Gasteiger partial charge on any atom is -0.383 e. The van der Waals surface area contributed by atoms with Gasteiger partial charge in [-0.1, -0.05) is 13.3 Å². The summed E-state index contributed by atoms with van der Waals surface area (Å²) in [5.41, 5.74) is 6.77. The molecule has 0 bridgehead atoms. The van der Waals surface area contributed by atoms with Crippen molar-refractivity contribution < 1.29 is 4.79 Å². The van der Waals surface area contributed by atoms with E-state index in [2.05, 4.69) is 16.9 Å². The van der Waals surface area contributed by atoms with Gasteiger partial charge in [0, 0.05) is 26.7 Å². The van der Waals surface area contributed by atoms with Gasteiger partial charge < -0.3 is 15.5 Å². The normalized spacial score (nSPS) is 10.2. The van der Waals surface area contributed by atoms with E-state index in [1.807, 2.05) is 11.9 Å². The molecule has 1 aromatic rings. The number of nitrogens with two attached hydrogens (primary N) is 1. The van der Waals surface area contributed by atoms with Gasteiger partial charge in [0.05, 0.1) is 6.54 Å². The summed E-state index contributed by atoms with van der Waals surface area (Å²) in [7, 11) is 5.30. The van der Waals surface area contributed by atoms with Crippen LogP contribution in [-0.4, -0.2) is 48.5 Å². The van der Waals surface area contributed by atoms with Gasteiger partial charge >= 0.3 is 0 Å². The third-order valence-electron chi connectivity index (χ3n) is 2.69. The summed E-state index contributed by atoms with van der Waals surface area (Å²) in [6.07, 6.45) is 3.20. The Morgan fingerprint density at radius 1 is 1.33 bits per heavy atom. The third kappa shape index (κ3) is 3.32. The number of likely N-dealkylation sites (N-methyl/N-ethyl adjacent to an activating group) is 2. The SMILES string of the molecule is CCCc1c(N)ncnc1N(C)CC(=O)N(C)C. The lowest BCUT2D eigenvalue weighted by Crippen LogP contribution is -2.35. The summed E-state index contributed by atoms with van der Waals surface area (Å²) in [5.74, 6) is 1.25. The Bertz CT molecular complexity index is 419. The molecule has 0 aromatic carbocycles. The van der Waals surface area contributed by atoms with E-state index in [0.29, 0.717) is 5.82 Å². The highest BCUT2D eigenvalue weighted by Crippen LogP contribution is 2.21. The van der Waals surface area contributed by atoms with Crippen LogP contribution in [0.2, 0.25) is 0 Å². The molecule has 100 valence electrons. The summed E-state index contributed by atoms with van der Waals surface area (Å²) in [6, 6.07) is 0. The first-order valence-corrected chi connectivity index (χ1v) is 5.98. The molecule has 0 fully saturated rings. The maximum absolute atomic E-state index is 11.7. The van der Waals surface area contributed by atoms with E-state index < -0.39 is 0 Å². The standard InChI is InChI=1S/C12H21N5O/c1-5-6-9-11(13)14-8-15-12(9)17(4)7-10(18)16(2)3/h8H,5-7H2,1-4H3,(H2,13,14,15). The molecular formula is C12H21N5O. The molecule has 1 aromatic heterocycles. The van der Waals surface area contributed by atoms with Crippen molar-refractivity contribution in [3.63, 3.8) is 0 Å². The van der Waals surface area contributed by atoms with Crippen molar-refractivity contribution in [1.29, 1.82) is 0 Å². The second-order valence-electron chi connectivity index (χ2n) is 4.46. The van der Waals surface area contributed by atoms with E-state index in [9.17, 15) is 4.79 Å². The highest BCUT2D eigenvalue weighted by atomic mass is 16.2. The Kier molecular flexibility index (Phi) is 4.88. The number of anilines is 2. The largest absolute Gasteiger partial charge is 0.383 e. The summed E-state index contributed by atoms with van der Waals surface area (Å²) in [5, 5.41) is 0. The summed E-state index contributed by atoms with van der Waals surface area (Å²) >= 11 is 0. The quantitative estimate of drug-likeness (QED) is 0.826. The first kappa shape index (κ1) is 14.2. The van der Waals surface area contributed by atoms with E-state index in [1.165, 1.54) is 6.33 Å². The molecular weight excluding hydrogens is 230 g/mol. The number of carbonyl (C=O) groups is 1. The second kappa shape index (κ2) is 6.18. The Morgan fingerprint density at radius 2 is 2.00 bits per heavy atom. The molecule has 0 aliphatic rings. The molecule has 0 spiro atoms. The average Bonchev–Trinajstić information content (AvgIpc) is 2.31. The zero-order valence-electron chi connectivity index (χ0n) is 11.5. The lowest BCUT2D eigenvalue weighted by atomic mass is 10.1. The van der Waals surface area contributed by atoms with E-state index in [-0.39, 0.29) is 12.5 Å². The lowest BCUT2D eigenvalue weighted by Gasteiger charge is -2.22. The molecule has 0 aliphatic heterocycles. The first-order valence-electron chi connectivity index (χ1n) is 5.98. The van der Waals surface area contributed by atoms with Crippen molar-refractivity contribution >= 4 is 17.5 Å². The zero-order valence-corrected chi connectivity index (χ0v) is 11.5. The molecule has 0 saturated carbocycles. The van der Waals surface area contributed by atoms with E-state index in [4.69, 9.17) is 5.73 Å². The van der Waals surface area contributed by atoms with Gasteiger partial charge in [0.1, 0.15) is 18.0 Å². The molecule has 6 nitrogen and oxygen atoms in total. The minimum absolute atomic E-state index is 0.0251. The van der Waals surface area contributed by atoms with Gasteiger partial charge in [0.25, 0.3) is 0 Å². The van der Waals surface area contributed by atoms with E-state index in [1.54, 1.807) is 19.0 Å². The average molecular weight is 251 g/mol. The fourth-order valence-corrected chi connectivity index (χ4v) is 1.65. The number of carbonyl (C=O) groups excluding carboxylic acids is 1. The molecule has 0 aliphatic carbocycles. The highest BCUT2D eigenvalue weighted by molar-refractivity contribution is 5.81. The Balaban J connectivity index is 2.94. The summed E-state index contributed by atoms with van der Waals surface area (Å²) in [6.45, 7) is 2.35. The predicted molar refractivity (Wildman–Crippen MR) is 72.4 cm³/mol. The molecule has 0 saturated heterocycles. The second-order valence-corrected chi connectivity index (χ2v) is 4.46. The Morgan fingerprint density at radius 3 is 2.56 bits per heavy atom. The van der Waals surface area contributed by atoms with Gasteiger partial charge in [0.2, 0.25) is 5.91 Å². The van der Waals surface area contributed by atoms with Crippen molar-refractivity contribution in [2.45, 2.75) is 19.8 Å². The van der Waals surface area contributed by atoms with Crippen LogP contribution in [0.3, 0.4) is 0 Å². The van der Waals surface area contributed by atoms with Crippen LogP contribution >= 0.6 is 0 Å². The number of nitrogens with zero attached hydrogens (tertiary/aromatic N) is 4. The van der Waals surface area contributed by atoms with E-state index in [0.717, 1.165) is 24.2 Å². The number of rotatable bonds is 5. The van der Waals surface area contributed by atoms with Crippen LogP contribution < -0.4 is 10.6 Å². The van der Waals surface area contributed by atoms with Crippen molar-refractivity contribution in [2.75, 3.05) is 38.3 Å². The first-order chi connectivity index (χ1) is 8.47. The van der Waals surface area contributed by atoms with Crippen molar-refractivity contribution in [2.24, 2.45) is 0 Å². The molecule has 2 N–H and O–H groups in total. The van der Waals surface area contributed by atoms with Crippen LogP contribution in [0.4, 0.5) is 11.6 Å². The van der Waals surface area contributed by atoms with Gasteiger partial charge in [-0.05, 0) is 6.42 Å². The molecule has 0 atom stereocenters. The molecule has 1 heterocycles. The fraction of sp³-hybridized carbons (Fsp3) is 0.583. The molecule has 1 amide bonds. The number of hydrogen-bond acceptors (Lipinski definition) is 5. The van der Waals surface area contributed by atoms with Crippen LogP contribution in [-0.2, 0) is 11.2 Å². The maximum Gasteiger partial charge on any atom is 0.241 e. The van der Waals surface area contributed by atoms with Gasteiger partial charge in [0.15, 0.2) is 0 Å². The molecule has 1 rings (SSSR count). The molecule has 6 heteroatoms. The Labute approximate surface area is 108 Å². The van der Waals surface area contributed by atoms with Gasteiger partial charge in [-0.2, -0.15) is 0 Å². The fourth-order valence-electron chi connectivity index (χ4n) is 1.65. The van der Waals surface area contributed by atoms with Crippen molar-refractivity contribution in [3.05, 3.63) is 11.9 Å². The maximum atomic E-state index is 11.7. The van der Waals surface area contributed by atoms with Crippen LogP contribution in [0, 0.1) is 0 Å². The number of aromatic nitrogens is 2. The number of hydrogen-bond donors (Lipinski definition) is 1. The van der Waals surface area contributed by atoms with Crippen LogP contribution in [0.1, 0.15) is 18.9 Å².